The summed E-state index contributed by atoms with van der Waals surface area (Å²) in [5, 5.41) is 7.33. The molecule has 1 aromatic heterocycles. The molecule has 0 atom stereocenters. The van der Waals surface area contributed by atoms with Gasteiger partial charge in [-0.2, -0.15) is 11.3 Å². The quantitative estimate of drug-likeness (QED) is 0.944. The minimum atomic E-state index is -0.0169. The Kier molecular flexibility index (Phi) is 3.60. The number of hydrogen-bond donors (Lipinski definition) is 1. The minimum absolute atomic E-state index is 0.0169. The van der Waals surface area contributed by atoms with Gasteiger partial charge in [-0.05, 0) is 34.5 Å². The van der Waals surface area contributed by atoms with Crippen molar-refractivity contribution in [2.45, 2.75) is 6.54 Å². The fraction of sp³-hybridized carbons (Fsp3) is 0.267. The summed E-state index contributed by atoms with van der Waals surface area (Å²) >= 11 is 1.64. The summed E-state index contributed by atoms with van der Waals surface area (Å²) in [5.74, 6) is 0.651. The Morgan fingerprint density at radius 2 is 2.35 bits per heavy atom. The maximum atomic E-state index is 12.6. The number of carbonyl (C=O) groups excluding carboxylic acids is 1. The Balaban J connectivity index is 1.83. The standard InChI is InChI=1S/C15H16N2O2S/c1-17(9-11-5-8-20-10-11)15(18)12-3-2-4-13-14(12)19-7-6-16-13/h2-5,8,10,16H,6-7,9H2,1H3. The Morgan fingerprint density at radius 1 is 1.45 bits per heavy atom. The van der Waals surface area contributed by atoms with Gasteiger partial charge >= 0.3 is 0 Å². The van der Waals surface area contributed by atoms with Gasteiger partial charge < -0.3 is 15.0 Å². The molecule has 0 bridgehead atoms. The highest BCUT2D eigenvalue weighted by Crippen LogP contribution is 2.32. The molecule has 1 aliphatic rings. The summed E-state index contributed by atoms with van der Waals surface area (Å²) < 4.78 is 5.65. The van der Waals surface area contributed by atoms with Crippen LogP contribution in [0.2, 0.25) is 0 Å². The van der Waals surface area contributed by atoms with Crippen LogP contribution in [-0.4, -0.2) is 31.0 Å². The molecule has 1 N–H and O–H groups in total. The number of anilines is 1. The summed E-state index contributed by atoms with van der Waals surface area (Å²) in [6.45, 7) is 1.97. The van der Waals surface area contributed by atoms with Crippen molar-refractivity contribution in [3.63, 3.8) is 0 Å². The van der Waals surface area contributed by atoms with Crippen LogP contribution in [0.4, 0.5) is 5.69 Å². The van der Waals surface area contributed by atoms with Gasteiger partial charge in [-0.3, -0.25) is 4.79 Å². The smallest absolute Gasteiger partial charge is 0.257 e. The molecule has 2 aromatic rings. The van der Waals surface area contributed by atoms with E-state index in [-0.39, 0.29) is 5.91 Å². The molecule has 3 rings (SSSR count). The van der Waals surface area contributed by atoms with Gasteiger partial charge in [-0.15, -0.1) is 0 Å². The first kappa shape index (κ1) is 13.0. The predicted molar refractivity (Wildman–Crippen MR) is 80.5 cm³/mol. The molecule has 0 fully saturated rings. The first-order chi connectivity index (χ1) is 9.75. The van der Waals surface area contributed by atoms with E-state index in [2.05, 4.69) is 10.7 Å². The van der Waals surface area contributed by atoms with Crippen LogP contribution < -0.4 is 10.1 Å². The molecule has 1 amide bonds. The molecule has 0 radical (unpaired) electrons. The van der Waals surface area contributed by atoms with E-state index in [1.165, 1.54) is 0 Å². The molecule has 0 saturated carbocycles. The molecule has 4 nitrogen and oxygen atoms in total. The molecule has 0 aliphatic carbocycles. The van der Waals surface area contributed by atoms with Crippen LogP contribution in [0.5, 0.6) is 5.75 Å². The molecule has 20 heavy (non-hydrogen) atoms. The second-order valence-corrected chi connectivity index (χ2v) is 5.53. The lowest BCUT2D eigenvalue weighted by molar-refractivity contribution is 0.0780. The van der Waals surface area contributed by atoms with Gasteiger partial charge in [0.05, 0.1) is 11.3 Å². The number of nitrogens with one attached hydrogen (secondary N) is 1. The second kappa shape index (κ2) is 5.54. The number of ether oxygens (including phenoxy) is 1. The van der Waals surface area contributed by atoms with Crippen molar-refractivity contribution in [1.29, 1.82) is 0 Å². The number of hydrogen-bond acceptors (Lipinski definition) is 4. The van der Waals surface area contributed by atoms with Gasteiger partial charge in [0.1, 0.15) is 6.61 Å². The first-order valence-electron chi connectivity index (χ1n) is 6.52. The molecule has 0 saturated heterocycles. The van der Waals surface area contributed by atoms with Gasteiger partial charge in [0, 0.05) is 20.1 Å². The number of fused-ring (bicyclic) bond motifs is 1. The highest BCUT2D eigenvalue weighted by atomic mass is 32.1. The van der Waals surface area contributed by atoms with Crippen LogP contribution >= 0.6 is 11.3 Å². The molecular weight excluding hydrogens is 272 g/mol. The van der Waals surface area contributed by atoms with E-state index in [0.717, 1.165) is 17.8 Å². The molecule has 1 aliphatic heterocycles. The minimum Gasteiger partial charge on any atom is -0.489 e. The van der Waals surface area contributed by atoms with Gasteiger partial charge in [0.25, 0.3) is 5.91 Å². The van der Waals surface area contributed by atoms with E-state index in [4.69, 9.17) is 4.74 Å². The van der Waals surface area contributed by atoms with Crippen molar-refractivity contribution in [1.82, 2.24) is 4.90 Å². The number of para-hydroxylation sites is 1. The monoisotopic (exact) mass is 288 g/mol. The topological polar surface area (TPSA) is 41.6 Å². The van der Waals surface area contributed by atoms with Crippen molar-refractivity contribution in [3.05, 3.63) is 46.2 Å². The molecule has 2 heterocycles. The Morgan fingerprint density at radius 3 is 3.15 bits per heavy atom. The number of nitrogens with zero attached hydrogens (tertiary/aromatic N) is 1. The van der Waals surface area contributed by atoms with Crippen LogP contribution in [0.1, 0.15) is 15.9 Å². The molecule has 0 spiro atoms. The number of thiophene rings is 1. The number of amides is 1. The third-order valence-corrected chi connectivity index (χ3v) is 3.99. The lowest BCUT2D eigenvalue weighted by atomic mass is 10.1. The van der Waals surface area contributed by atoms with Crippen LogP contribution in [0.25, 0.3) is 0 Å². The Labute approximate surface area is 122 Å². The molecule has 0 unspecified atom stereocenters. The van der Waals surface area contributed by atoms with Gasteiger partial charge in [-0.25, -0.2) is 0 Å². The summed E-state index contributed by atoms with van der Waals surface area (Å²) in [7, 11) is 1.82. The predicted octanol–water partition coefficient (Wildman–Crippen LogP) is 2.82. The zero-order valence-electron chi connectivity index (χ0n) is 11.3. The number of carbonyl (C=O) groups is 1. The summed E-state index contributed by atoms with van der Waals surface area (Å²) in [6, 6.07) is 7.67. The average Bonchev–Trinajstić information content (AvgIpc) is 2.99. The van der Waals surface area contributed by atoms with Crippen LogP contribution in [0, 0.1) is 0 Å². The molecule has 1 aromatic carbocycles. The SMILES string of the molecule is CN(Cc1ccsc1)C(=O)c1cccc2c1OCCN2. The van der Waals surface area contributed by atoms with E-state index in [9.17, 15) is 4.79 Å². The normalized spacial score (nSPS) is 13.1. The largest absolute Gasteiger partial charge is 0.489 e. The van der Waals surface area contributed by atoms with Crippen molar-refractivity contribution in [3.8, 4) is 5.75 Å². The average molecular weight is 288 g/mol. The Bertz CT molecular complexity index is 610. The van der Waals surface area contributed by atoms with Crippen LogP contribution in [0.3, 0.4) is 0 Å². The zero-order chi connectivity index (χ0) is 13.9. The van der Waals surface area contributed by atoms with E-state index in [0.29, 0.717) is 24.5 Å². The third-order valence-electron chi connectivity index (χ3n) is 3.26. The van der Waals surface area contributed by atoms with Crippen molar-refractivity contribution >= 4 is 22.9 Å². The molecular formula is C15H16N2O2S. The van der Waals surface area contributed by atoms with Crippen LogP contribution in [0.15, 0.2) is 35.0 Å². The third kappa shape index (κ3) is 2.49. The molecule has 104 valence electrons. The van der Waals surface area contributed by atoms with E-state index < -0.39 is 0 Å². The second-order valence-electron chi connectivity index (χ2n) is 4.75. The van der Waals surface area contributed by atoms with E-state index in [1.807, 2.05) is 36.7 Å². The number of rotatable bonds is 3. The van der Waals surface area contributed by atoms with Crippen LogP contribution in [-0.2, 0) is 6.54 Å². The maximum Gasteiger partial charge on any atom is 0.257 e. The van der Waals surface area contributed by atoms with Crippen molar-refractivity contribution in [2.75, 3.05) is 25.5 Å². The van der Waals surface area contributed by atoms with Crippen molar-refractivity contribution in [2.24, 2.45) is 0 Å². The maximum absolute atomic E-state index is 12.6. The highest BCUT2D eigenvalue weighted by molar-refractivity contribution is 7.07. The molecule has 5 heteroatoms. The summed E-state index contributed by atoms with van der Waals surface area (Å²) in [5.41, 5.74) is 2.66. The van der Waals surface area contributed by atoms with E-state index >= 15 is 0 Å². The lowest BCUT2D eigenvalue weighted by Gasteiger charge is -2.23. The van der Waals surface area contributed by atoms with Gasteiger partial charge in [-0.1, -0.05) is 6.07 Å². The highest BCUT2D eigenvalue weighted by Gasteiger charge is 2.21. The van der Waals surface area contributed by atoms with E-state index in [1.54, 1.807) is 16.2 Å². The Hall–Kier alpha value is -2.01. The summed E-state index contributed by atoms with van der Waals surface area (Å²) in [6.07, 6.45) is 0. The van der Waals surface area contributed by atoms with Gasteiger partial charge in [0.2, 0.25) is 0 Å². The van der Waals surface area contributed by atoms with Gasteiger partial charge in [0.15, 0.2) is 5.75 Å². The fourth-order valence-electron chi connectivity index (χ4n) is 2.27. The fourth-order valence-corrected chi connectivity index (χ4v) is 2.93. The first-order valence-corrected chi connectivity index (χ1v) is 7.46. The lowest BCUT2D eigenvalue weighted by Crippen LogP contribution is -2.28. The summed E-state index contributed by atoms with van der Waals surface area (Å²) in [4.78, 5) is 14.3. The van der Waals surface area contributed by atoms with Crippen molar-refractivity contribution < 1.29 is 9.53 Å². The number of benzene rings is 1. The zero-order valence-corrected chi connectivity index (χ0v) is 12.1.